The number of hydrogen-bond acceptors (Lipinski definition) is 3. The average Bonchev–Trinajstić information content (AvgIpc) is 2.41. The molecule has 0 aliphatic carbocycles. The standard InChI is InChI=1S/C15H25N3O/c1-4-18(14-8-5-7-13(2)11-14)12-15(19)17(3)10-6-9-16/h5,7-8,11H,4,6,9-10,12,16H2,1-3H3. The third-order valence-corrected chi connectivity index (χ3v) is 3.20. The van der Waals surface area contributed by atoms with Crippen LogP contribution < -0.4 is 10.6 Å². The predicted molar refractivity (Wildman–Crippen MR) is 80.4 cm³/mol. The molecule has 1 aromatic carbocycles. The molecule has 0 saturated heterocycles. The van der Waals surface area contributed by atoms with Crippen molar-refractivity contribution < 1.29 is 4.79 Å². The summed E-state index contributed by atoms with van der Waals surface area (Å²) in [7, 11) is 1.84. The number of carbonyl (C=O) groups is 1. The van der Waals surface area contributed by atoms with E-state index in [2.05, 4.69) is 30.9 Å². The zero-order chi connectivity index (χ0) is 14.3. The van der Waals surface area contributed by atoms with Gasteiger partial charge in [0.05, 0.1) is 6.54 Å². The molecule has 0 aliphatic heterocycles. The Morgan fingerprint density at radius 3 is 2.68 bits per heavy atom. The van der Waals surface area contributed by atoms with Crippen molar-refractivity contribution in [3.63, 3.8) is 0 Å². The molecule has 0 aliphatic rings. The van der Waals surface area contributed by atoms with Gasteiger partial charge in [0.15, 0.2) is 0 Å². The third-order valence-electron chi connectivity index (χ3n) is 3.20. The smallest absolute Gasteiger partial charge is 0.241 e. The maximum atomic E-state index is 12.1. The average molecular weight is 263 g/mol. The van der Waals surface area contributed by atoms with Gasteiger partial charge in [-0.2, -0.15) is 0 Å². The van der Waals surface area contributed by atoms with E-state index < -0.39 is 0 Å². The minimum Gasteiger partial charge on any atom is -0.362 e. The lowest BCUT2D eigenvalue weighted by atomic mass is 10.2. The van der Waals surface area contributed by atoms with Crippen molar-refractivity contribution in [3.8, 4) is 0 Å². The van der Waals surface area contributed by atoms with Crippen LogP contribution in [0, 0.1) is 6.92 Å². The van der Waals surface area contributed by atoms with Crippen molar-refractivity contribution in [2.24, 2.45) is 5.73 Å². The molecule has 0 spiro atoms. The summed E-state index contributed by atoms with van der Waals surface area (Å²) in [6, 6.07) is 8.24. The summed E-state index contributed by atoms with van der Waals surface area (Å²) in [6.07, 6.45) is 0.846. The number of rotatable bonds is 7. The van der Waals surface area contributed by atoms with E-state index in [0.29, 0.717) is 13.1 Å². The Kier molecular flexibility index (Phi) is 6.36. The fourth-order valence-corrected chi connectivity index (χ4v) is 1.95. The van der Waals surface area contributed by atoms with Crippen LogP contribution in [0.4, 0.5) is 5.69 Å². The second-order valence-electron chi connectivity index (χ2n) is 4.81. The van der Waals surface area contributed by atoms with E-state index in [1.807, 2.05) is 19.2 Å². The molecule has 0 fully saturated rings. The molecule has 4 nitrogen and oxygen atoms in total. The van der Waals surface area contributed by atoms with Crippen LogP contribution in [-0.4, -0.2) is 44.0 Å². The number of aryl methyl sites for hydroxylation is 1. The van der Waals surface area contributed by atoms with Crippen molar-refractivity contribution >= 4 is 11.6 Å². The Bertz CT molecular complexity index is 406. The normalized spacial score (nSPS) is 10.3. The molecule has 1 rings (SSSR count). The summed E-state index contributed by atoms with van der Waals surface area (Å²) >= 11 is 0. The molecular weight excluding hydrogens is 238 g/mol. The molecule has 0 radical (unpaired) electrons. The quantitative estimate of drug-likeness (QED) is 0.813. The lowest BCUT2D eigenvalue weighted by Gasteiger charge is -2.26. The number of nitrogens with zero attached hydrogens (tertiary/aromatic N) is 2. The predicted octanol–water partition coefficient (Wildman–Crippen LogP) is 1.63. The maximum absolute atomic E-state index is 12.1. The first kappa shape index (κ1) is 15.5. The van der Waals surface area contributed by atoms with Crippen LogP contribution in [0.2, 0.25) is 0 Å². The first-order chi connectivity index (χ1) is 9.08. The van der Waals surface area contributed by atoms with E-state index >= 15 is 0 Å². The van der Waals surface area contributed by atoms with Crippen LogP contribution in [0.15, 0.2) is 24.3 Å². The van der Waals surface area contributed by atoms with Gasteiger partial charge in [0.1, 0.15) is 0 Å². The van der Waals surface area contributed by atoms with Gasteiger partial charge in [0.25, 0.3) is 0 Å². The van der Waals surface area contributed by atoms with E-state index in [-0.39, 0.29) is 5.91 Å². The molecule has 106 valence electrons. The number of hydrogen-bond donors (Lipinski definition) is 1. The lowest BCUT2D eigenvalue weighted by molar-refractivity contribution is -0.128. The summed E-state index contributed by atoms with van der Waals surface area (Å²) in [5.41, 5.74) is 7.77. The van der Waals surface area contributed by atoms with Crippen LogP contribution >= 0.6 is 0 Å². The highest BCUT2D eigenvalue weighted by Crippen LogP contribution is 2.15. The number of anilines is 1. The molecule has 0 unspecified atom stereocenters. The maximum Gasteiger partial charge on any atom is 0.241 e. The van der Waals surface area contributed by atoms with E-state index in [9.17, 15) is 4.79 Å². The van der Waals surface area contributed by atoms with Crippen LogP contribution in [-0.2, 0) is 4.79 Å². The first-order valence-corrected chi connectivity index (χ1v) is 6.84. The van der Waals surface area contributed by atoms with Gasteiger partial charge in [0, 0.05) is 25.8 Å². The van der Waals surface area contributed by atoms with Gasteiger partial charge >= 0.3 is 0 Å². The highest BCUT2D eigenvalue weighted by atomic mass is 16.2. The molecule has 1 amide bonds. The molecule has 0 heterocycles. The Morgan fingerprint density at radius 1 is 1.37 bits per heavy atom. The Labute approximate surface area is 116 Å². The third kappa shape index (κ3) is 4.91. The van der Waals surface area contributed by atoms with Crippen molar-refractivity contribution in [3.05, 3.63) is 29.8 Å². The van der Waals surface area contributed by atoms with Crippen LogP contribution in [0.25, 0.3) is 0 Å². The minimum atomic E-state index is 0.136. The van der Waals surface area contributed by atoms with Gasteiger partial charge in [-0.05, 0) is 44.5 Å². The molecule has 4 heteroatoms. The molecule has 1 aromatic rings. The Hall–Kier alpha value is -1.55. The second-order valence-corrected chi connectivity index (χ2v) is 4.81. The van der Waals surface area contributed by atoms with Crippen molar-refractivity contribution in [1.82, 2.24) is 4.90 Å². The number of nitrogens with two attached hydrogens (primary N) is 1. The second kappa shape index (κ2) is 7.79. The van der Waals surface area contributed by atoms with E-state index in [1.54, 1.807) is 4.90 Å². The monoisotopic (exact) mass is 263 g/mol. The van der Waals surface area contributed by atoms with Gasteiger partial charge in [-0.1, -0.05) is 12.1 Å². The Balaban J connectivity index is 2.64. The fraction of sp³-hybridized carbons (Fsp3) is 0.533. The molecule has 0 saturated carbocycles. The molecule has 0 aromatic heterocycles. The molecule has 2 N–H and O–H groups in total. The topological polar surface area (TPSA) is 49.6 Å². The fourth-order valence-electron chi connectivity index (χ4n) is 1.95. The highest BCUT2D eigenvalue weighted by Gasteiger charge is 2.13. The number of carbonyl (C=O) groups excluding carboxylic acids is 1. The molecular formula is C15H25N3O. The number of benzene rings is 1. The summed E-state index contributed by atoms with van der Waals surface area (Å²) < 4.78 is 0. The Morgan fingerprint density at radius 2 is 2.11 bits per heavy atom. The van der Waals surface area contributed by atoms with Gasteiger partial charge < -0.3 is 15.5 Å². The summed E-state index contributed by atoms with van der Waals surface area (Å²) in [4.78, 5) is 16.0. The van der Waals surface area contributed by atoms with E-state index in [4.69, 9.17) is 5.73 Å². The highest BCUT2D eigenvalue weighted by molar-refractivity contribution is 5.81. The first-order valence-electron chi connectivity index (χ1n) is 6.84. The largest absolute Gasteiger partial charge is 0.362 e. The van der Waals surface area contributed by atoms with Crippen LogP contribution in [0.1, 0.15) is 18.9 Å². The van der Waals surface area contributed by atoms with Gasteiger partial charge in [-0.25, -0.2) is 0 Å². The SMILES string of the molecule is CCN(CC(=O)N(C)CCCN)c1cccc(C)c1. The number of likely N-dealkylation sites (N-methyl/N-ethyl adjacent to an activating group) is 2. The molecule has 0 atom stereocenters. The zero-order valence-corrected chi connectivity index (χ0v) is 12.2. The minimum absolute atomic E-state index is 0.136. The van der Waals surface area contributed by atoms with Crippen LogP contribution in [0.5, 0.6) is 0 Å². The molecule has 19 heavy (non-hydrogen) atoms. The van der Waals surface area contributed by atoms with Crippen molar-refractivity contribution in [2.45, 2.75) is 20.3 Å². The summed E-state index contributed by atoms with van der Waals surface area (Å²) in [5.74, 6) is 0.136. The van der Waals surface area contributed by atoms with Gasteiger partial charge in [-0.3, -0.25) is 4.79 Å². The zero-order valence-electron chi connectivity index (χ0n) is 12.2. The number of amides is 1. The van der Waals surface area contributed by atoms with Gasteiger partial charge in [0.2, 0.25) is 5.91 Å². The summed E-state index contributed by atoms with van der Waals surface area (Å²) in [5, 5.41) is 0. The molecule has 0 bridgehead atoms. The van der Waals surface area contributed by atoms with E-state index in [1.165, 1.54) is 5.56 Å². The van der Waals surface area contributed by atoms with Crippen molar-refractivity contribution in [2.75, 3.05) is 38.1 Å². The van der Waals surface area contributed by atoms with Crippen LogP contribution in [0.3, 0.4) is 0 Å². The van der Waals surface area contributed by atoms with Gasteiger partial charge in [-0.15, -0.1) is 0 Å². The summed E-state index contributed by atoms with van der Waals surface area (Å²) in [6.45, 7) is 6.71. The van der Waals surface area contributed by atoms with E-state index in [0.717, 1.165) is 25.2 Å². The van der Waals surface area contributed by atoms with Crippen molar-refractivity contribution in [1.29, 1.82) is 0 Å². The lowest BCUT2D eigenvalue weighted by Crippen LogP contribution is -2.39.